The largest absolute Gasteiger partial charge is 0.303 e. The number of likely N-dealkylation sites (tertiary alicyclic amines) is 1. The molecule has 0 aromatic heterocycles. The predicted molar refractivity (Wildman–Crippen MR) is 96.9 cm³/mol. The van der Waals surface area contributed by atoms with Gasteiger partial charge in [-0.15, -0.1) is 0 Å². The van der Waals surface area contributed by atoms with Crippen molar-refractivity contribution in [3.8, 4) is 0 Å². The fourth-order valence-electron chi connectivity index (χ4n) is 2.90. The van der Waals surface area contributed by atoms with E-state index in [1.54, 1.807) is 0 Å². The molecule has 0 aromatic carbocycles. The van der Waals surface area contributed by atoms with Gasteiger partial charge in [-0.3, -0.25) is 0 Å². The van der Waals surface area contributed by atoms with Crippen molar-refractivity contribution in [3.05, 3.63) is 0 Å². The zero-order valence-corrected chi connectivity index (χ0v) is 16.2. The van der Waals surface area contributed by atoms with Crippen molar-refractivity contribution in [2.45, 2.75) is 68.2 Å². The molecule has 2 atom stereocenters. The van der Waals surface area contributed by atoms with Crippen molar-refractivity contribution < 1.29 is 0 Å². The Morgan fingerprint density at radius 3 is 2.24 bits per heavy atom. The Bertz CT molecular complexity index is 244. The maximum atomic E-state index is 2.67. The molecule has 0 bridgehead atoms. The van der Waals surface area contributed by atoms with Crippen molar-refractivity contribution in [3.63, 3.8) is 0 Å². The molecule has 1 fully saturated rings. The lowest BCUT2D eigenvalue weighted by atomic mass is 9.80. The molecule has 0 spiro atoms. The molecule has 2 unspecified atom stereocenters. The molecular weight excluding hydrogens is 256 g/mol. The van der Waals surface area contributed by atoms with E-state index in [4.69, 9.17) is 0 Å². The van der Waals surface area contributed by atoms with Crippen molar-refractivity contribution in [2.75, 3.05) is 39.3 Å². The fraction of sp³-hybridized carbons (Fsp3) is 1.00. The lowest BCUT2D eigenvalue weighted by molar-refractivity contribution is 0.183. The van der Waals surface area contributed by atoms with Crippen molar-refractivity contribution >= 4 is 0 Å². The van der Waals surface area contributed by atoms with Crippen LogP contribution in [0, 0.1) is 17.3 Å². The molecule has 0 saturated carbocycles. The van der Waals surface area contributed by atoms with Crippen LogP contribution in [0.4, 0.5) is 0 Å². The van der Waals surface area contributed by atoms with Crippen LogP contribution >= 0.6 is 0 Å². The van der Waals surface area contributed by atoms with Crippen LogP contribution < -0.4 is 0 Å². The smallest absolute Gasteiger partial charge is 0.00222 e. The average molecular weight is 299 g/mol. The standard InChI is InChI=1S/C17H36N2.C2H6/c1-7-18(11-9-15(3)17(4,5)6)13-16-10-12-19(8-2)14-16;1-2/h15-16H,7-14H2,1-6H3;1-2H3. The fourth-order valence-corrected chi connectivity index (χ4v) is 2.90. The molecule has 0 aromatic rings. The Morgan fingerprint density at radius 2 is 1.81 bits per heavy atom. The van der Waals surface area contributed by atoms with E-state index in [2.05, 4.69) is 51.3 Å². The van der Waals surface area contributed by atoms with Gasteiger partial charge in [0.25, 0.3) is 0 Å². The predicted octanol–water partition coefficient (Wildman–Crippen LogP) is 4.75. The van der Waals surface area contributed by atoms with Crippen LogP contribution in [-0.4, -0.2) is 49.1 Å². The highest BCUT2D eigenvalue weighted by Gasteiger charge is 2.24. The van der Waals surface area contributed by atoms with Gasteiger partial charge in [0.15, 0.2) is 0 Å². The van der Waals surface area contributed by atoms with Crippen LogP contribution in [0.15, 0.2) is 0 Å². The van der Waals surface area contributed by atoms with Crippen LogP contribution in [0.3, 0.4) is 0 Å². The molecule has 1 saturated heterocycles. The zero-order chi connectivity index (χ0) is 16.5. The quantitative estimate of drug-likeness (QED) is 0.669. The normalized spacial score (nSPS) is 21.3. The Morgan fingerprint density at radius 1 is 1.19 bits per heavy atom. The lowest BCUT2D eigenvalue weighted by Crippen LogP contribution is -2.33. The summed E-state index contributed by atoms with van der Waals surface area (Å²) in [6.07, 6.45) is 2.74. The van der Waals surface area contributed by atoms with Crippen LogP contribution in [0.5, 0.6) is 0 Å². The summed E-state index contributed by atoms with van der Waals surface area (Å²) < 4.78 is 0. The first-order valence-corrected chi connectivity index (χ1v) is 9.31. The van der Waals surface area contributed by atoms with Crippen molar-refractivity contribution in [1.29, 1.82) is 0 Å². The van der Waals surface area contributed by atoms with Crippen molar-refractivity contribution in [2.24, 2.45) is 17.3 Å². The summed E-state index contributed by atoms with van der Waals surface area (Å²) in [6, 6.07) is 0. The Balaban J connectivity index is 0.00000191. The summed E-state index contributed by atoms with van der Waals surface area (Å²) in [4.78, 5) is 5.27. The Labute approximate surface area is 135 Å². The molecular formula is C19H42N2. The minimum absolute atomic E-state index is 0.450. The summed E-state index contributed by atoms with van der Waals surface area (Å²) >= 11 is 0. The zero-order valence-electron chi connectivity index (χ0n) is 16.2. The third-order valence-corrected chi connectivity index (χ3v) is 5.14. The summed E-state index contributed by atoms with van der Waals surface area (Å²) in [5.41, 5.74) is 0.450. The number of hydrogen-bond acceptors (Lipinski definition) is 2. The van der Waals surface area contributed by atoms with E-state index >= 15 is 0 Å². The third kappa shape index (κ3) is 8.21. The van der Waals surface area contributed by atoms with E-state index in [9.17, 15) is 0 Å². The number of nitrogens with zero attached hydrogens (tertiary/aromatic N) is 2. The topological polar surface area (TPSA) is 6.48 Å². The van der Waals surface area contributed by atoms with Crippen LogP contribution in [0.25, 0.3) is 0 Å². The second-order valence-electron chi connectivity index (χ2n) is 7.50. The molecule has 1 aliphatic rings. The Hall–Kier alpha value is -0.0800. The van der Waals surface area contributed by atoms with Gasteiger partial charge in [-0.05, 0) is 56.3 Å². The minimum Gasteiger partial charge on any atom is -0.303 e. The molecule has 0 radical (unpaired) electrons. The average Bonchev–Trinajstić information content (AvgIpc) is 2.91. The van der Waals surface area contributed by atoms with E-state index in [0.717, 1.165) is 11.8 Å². The first-order valence-electron chi connectivity index (χ1n) is 9.31. The van der Waals surface area contributed by atoms with E-state index in [0.29, 0.717) is 5.41 Å². The van der Waals surface area contributed by atoms with Crippen LogP contribution in [-0.2, 0) is 0 Å². The maximum absolute atomic E-state index is 2.67. The van der Waals surface area contributed by atoms with Gasteiger partial charge in [-0.1, -0.05) is 55.4 Å². The molecule has 1 aliphatic heterocycles. The molecule has 2 heteroatoms. The van der Waals surface area contributed by atoms with Gasteiger partial charge in [0, 0.05) is 13.1 Å². The summed E-state index contributed by atoms with van der Waals surface area (Å²) in [7, 11) is 0. The van der Waals surface area contributed by atoms with Gasteiger partial charge in [-0.2, -0.15) is 0 Å². The summed E-state index contributed by atoms with van der Waals surface area (Å²) in [6.45, 7) is 25.8. The monoisotopic (exact) mass is 298 g/mol. The highest BCUT2D eigenvalue weighted by Crippen LogP contribution is 2.28. The second-order valence-corrected chi connectivity index (χ2v) is 7.50. The molecule has 0 N–H and O–H groups in total. The SMILES string of the molecule is CC.CCN1CCC(CN(CC)CCC(C)C(C)(C)C)C1. The van der Waals surface area contributed by atoms with Gasteiger partial charge in [0.05, 0.1) is 0 Å². The third-order valence-electron chi connectivity index (χ3n) is 5.14. The lowest BCUT2D eigenvalue weighted by Gasteiger charge is -2.31. The van der Waals surface area contributed by atoms with Gasteiger partial charge in [0.1, 0.15) is 0 Å². The van der Waals surface area contributed by atoms with E-state index in [1.807, 2.05) is 13.8 Å². The second kappa shape index (κ2) is 10.6. The molecule has 2 nitrogen and oxygen atoms in total. The molecule has 128 valence electrons. The minimum atomic E-state index is 0.450. The van der Waals surface area contributed by atoms with Crippen molar-refractivity contribution in [1.82, 2.24) is 9.80 Å². The molecule has 21 heavy (non-hydrogen) atoms. The van der Waals surface area contributed by atoms with Gasteiger partial charge in [-0.25, -0.2) is 0 Å². The highest BCUT2D eigenvalue weighted by atomic mass is 15.2. The van der Waals surface area contributed by atoms with Crippen LogP contribution in [0.2, 0.25) is 0 Å². The molecule has 0 amide bonds. The van der Waals surface area contributed by atoms with E-state index < -0.39 is 0 Å². The number of hydrogen-bond donors (Lipinski definition) is 0. The summed E-state index contributed by atoms with van der Waals surface area (Å²) in [5, 5.41) is 0. The van der Waals surface area contributed by atoms with Gasteiger partial charge < -0.3 is 9.80 Å². The maximum Gasteiger partial charge on any atom is 0.00222 e. The molecule has 1 heterocycles. The Kier molecular flexibility index (Phi) is 10.6. The van der Waals surface area contributed by atoms with Gasteiger partial charge >= 0.3 is 0 Å². The van der Waals surface area contributed by atoms with E-state index in [1.165, 1.54) is 52.1 Å². The first-order chi connectivity index (χ1) is 9.86. The highest BCUT2D eigenvalue weighted by molar-refractivity contribution is 4.78. The van der Waals surface area contributed by atoms with Crippen LogP contribution in [0.1, 0.15) is 68.2 Å². The summed E-state index contributed by atoms with van der Waals surface area (Å²) in [5.74, 6) is 1.71. The number of rotatable bonds is 7. The molecule has 0 aliphatic carbocycles. The molecule has 1 rings (SSSR count). The van der Waals surface area contributed by atoms with E-state index in [-0.39, 0.29) is 0 Å². The first kappa shape index (κ1) is 20.9. The van der Waals surface area contributed by atoms with Gasteiger partial charge in [0.2, 0.25) is 0 Å².